The maximum Gasteiger partial charge on any atom is 0.247 e. The molecule has 1 aliphatic heterocycles. The van der Waals surface area contributed by atoms with Crippen molar-refractivity contribution in [1.82, 2.24) is 5.32 Å². The SMILES string of the molecule is CN=C(c1cccc(F)c1)c1c(N)ccc(NC(=O)[C@@H]2CCC(=O)N2)c1OC. The van der Waals surface area contributed by atoms with E-state index in [1.54, 1.807) is 31.3 Å². The molecule has 4 N–H and O–H groups in total. The average Bonchev–Trinajstić information content (AvgIpc) is 3.11. The number of benzene rings is 2. The van der Waals surface area contributed by atoms with Crippen LogP contribution >= 0.6 is 0 Å². The summed E-state index contributed by atoms with van der Waals surface area (Å²) in [5.41, 5.74) is 8.32. The molecular formula is C20H21FN4O3. The summed E-state index contributed by atoms with van der Waals surface area (Å²) in [6, 6.07) is 8.61. The van der Waals surface area contributed by atoms with Crippen molar-refractivity contribution in [2.45, 2.75) is 18.9 Å². The maximum absolute atomic E-state index is 13.7. The lowest BCUT2D eigenvalue weighted by atomic mass is 9.98. The number of amides is 2. The summed E-state index contributed by atoms with van der Waals surface area (Å²) in [5, 5.41) is 5.39. The molecular weight excluding hydrogens is 363 g/mol. The molecule has 0 aliphatic carbocycles. The summed E-state index contributed by atoms with van der Waals surface area (Å²) in [5.74, 6) is -0.600. The van der Waals surface area contributed by atoms with Gasteiger partial charge in [0, 0.05) is 24.7 Å². The Balaban J connectivity index is 2.01. The molecule has 146 valence electrons. The summed E-state index contributed by atoms with van der Waals surface area (Å²) in [6.45, 7) is 0. The average molecular weight is 384 g/mol. The first kappa shape index (κ1) is 19.3. The van der Waals surface area contributed by atoms with E-state index in [9.17, 15) is 14.0 Å². The molecule has 1 aliphatic rings. The molecule has 0 radical (unpaired) electrons. The number of methoxy groups -OCH3 is 1. The zero-order valence-electron chi connectivity index (χ0n) is 15.6. The Kier molecular flexibility index (Phi) is 5.58. The van der Waals surface area contributed by atoms with Crippen molar-refractivity contribution in [3.05, 3.63) is 53.3 Å². The molecule has 1 fully saturated rings. The van der Waals surface area contributed by atoms with Gasteiger partial charge in [-0.25, -0.2) is 4.39 Å². The number of rotatable bonds is 5. The Morgan fingerprint density at radius 3 is 2.75 bits per heavy atom. The third-order valence-electron chi connectivity index (χ3n) is 4.52. The quantitative estimate of drug-likeness (QED) is 0.542. The second kappa shape index (κ2) is 8.08. The fourth-order valence-corrected chi connectivity index (χ4v) is 3.20. The number of nitrogens with one attached hydrogen (secondary N) is 2. The van der Waals surface area contributed by atoms with Gasteiger partial charge in [0.1, 0.15) is 11.9 Å². The standard InChI is InChI=1S/C20H21FN4O3/c1-23-18(11-4-3-5-12(21)10-11)17-13(22)6-7-14(19(17)28-2)25-20(27)15-8-9-16(26)24-15/h3-7,10,15H,8-9,22H2,1-2H3,(H,24,26)(H,25,27)/t15-/m0/s1. The second-order valence-electron chi connectivity index (χ2n) is 6.34. The maximum atomic E-state index is 13.7. The van der Waals surface area contributed by atoms with E-state index in [0.29, 0.717) is 46.8 Å². The van der Waals surface area contributed by atoms with Crippen molar-refractivity contribution >= 4 is 28.9 Å². The molecule has 7 nitrogen and oxygen atoms in total. The van der Waals surface area contributed by atoms with Gasteiger partial charge in [-0.3, -0.25) is 14.6 Å². The molecule has 8 heteroatoms. The Morgan fingerprint density at radius 1 is 1.36 bits per heavy atom. The summed E-state index contributed by atoms with van der Waals surface area (Å²) in [4.78, 5) is 28.1. The summed E-state index contributed by atoms with van der Waals surface area (Å²) in [7, 11) is 3.02. The van der Waals surface area contributed by atoms with Gasteiger partial charge in [0.15, 0.2) is 5.75 Å². The number of nitrogen functional groups attached to an aromatic ring is 1. The van der Waals surface area contributed by atoms with Crippen LogP contribution < -0.4 is 21.1 Å². The lowest BCUT2D eigenvalue weighted by Crippen LogP contribution is -2.37. The van der Waals surface area contributed by atoms with Crippen LogP contribution in [-0.4, -0.2) is 37.7 Å². The van der Waals surface area contributed by atoms with Crippen LogP contribution in [0.3, 0.4) is 0 Å². The minimum atomic E-state index is -0.597. The van der Waals surface area contributed by atoms with Crippen molar-refractivity contribution in [2.75, 3.05) is 25.2 Å². The van der Waals surface area contributed by atoms with E-state index in [-0.39, 0.29) is 11.8 Å². The molecule has 2 aromatic carbocycles. The zero-order valence-corrected chi connectivity index (χ0v) is 15.6. The lowest BCUT2D eigenvalue weighted by molar-refractivity contribution is -0.122. The fourth-order valence-electron chi connectivity index (χ4n) is 3.20. The van der Waals surface area contributed by atoms with Crippen molar-refractivity contribution in [2.24, 2.45) is 4.99 Å². The van der Waals surface area contributed by atoms with E-state index < -0.39 is 11.9 Å². The van der Waals surface area contributed by atoms with Gasteiger partial charge in [-0.1, -0.05) is 12.1 Å². The van der Waals surface area contributed by atoms with Gasteiger partial charge < -0.3 is 21.1 Å². The van der Waals surface area contributed by atoms with Gasteiger partial charge in [0.2, 0.25) is 11.8 Å². The molecule has 0 spiro atoms. The van der Waals surface area contributed by atoms with Crippen LogP contribution in [0.4, 0.5) is 15.8 Å². The Labute approximate surface area is 161 Å². The number of nitrogens with two attached hydrogens (primary N) is 1. The first-order valence-corrected chi connectivity index (χ1v) is 8.74. The molecule has 2 amide bonds. The van der Waals surface area contributed by atoms with Crippen LogP contribution in [0.1, 0.15) is 24.0 Å². The molecule has 2 aromatic rings. The van der Waals surface area contributed by atoms with Gasteiger partial charge in [0.25, 0.3) is 0 Å². The van der Waals surface area contributed by atoms with Crippen LogP contribution in [0.5, 0.6) is 5.75 Å². The lowest BCUT2D eigenvalue weighted by Gasteiger charge is -2.19. The van der Waals surface area contributed by atoms with Crippen LogP contribution in [0.25, 0.3) is 0 Å². The molecule has 1 heterocycles. The number of carbonyl (C=O) groups excluding carboxylic acids is 2. The van der Waals surface area contributed by atoms with Gasteiger partial charge in [-0.05, 0) is 30.7 Å². The molecule has 1 saturated heterocycles. The number of ether oxygens (including phenoxy) is 1. The first-order chi connectivity index (χ1) is 13.4. The number of halogens is 1. The number of hydrogen-bond acceptors (Lipinski definition) is 5. The number of nitrogens with zero attached hydrogens (tertiary/aromatic N) is 1. The largest absolute Gasteiger partial charge is 0.494 e. The highest BCUT2D eigenvalue weighted by atomic mass is 19.1. The summed E-state index contributed by atoms with van der Waals surface area (Å²) >= 11 is 0. The van der Waals surface area contributed by atoms with Gasteiger partial charge in [-0.15, -0.1) is 0 Å². The molecule has 3 rings (SSSR count). The molecule has 0 aromatic heterocycles. The molecule has 0 unspecified atom stereocenters. The number of carbonyl (C=O) groups is 2. The van der Waals surface area contributed by atoms with E-state index in [0.717, 1.165) is 0 Å². The number of anilines is 2. The fraction of sp³-hybridized carbons (Fsp3) is 0.250. The highest BCUT2D eigenvalue weighted by molar-refractivity contribution is 6.18. The predicted octanol–water partition coefficient (Wildman–Crippen LogP) is 2.10. The highest BCUT2D eigenvalue weighted by Crippen LogP contribution is 2.35. The summed E-state index contributed by atoms with van der Waals surface area (Å²) in [6.07, 6.45) is 0.744. The van der Waals surface area contributed by atoms with Crippen LogP contribution in [-0.2, 0) is 9.59 Å². The van der Waals surface area contributed by atoms with Gasteiger partial charge in [0.05, 0.1) is 24.1 Å². The number of hydrogen-bond donors (Lipinski definition) is 3. The predicted molar refractivity (Wildman–Crippen MR) is 105 cm³/mol. The van der Waals surface area contributed by atoms with Crippen LogP contribution in [0, 0.1) is 5.82 Å². The van der Waals surface area contributed by atoms with Crippen molar-refractivity contribution in [3.8, 4) is 5.75 Å². The Morgan fingerprint density at radius 2 is 2.14 bits per heavy atom. The third kappa shape index (κ3) is 3.80. The Bertz CT molecular complexity index is 958. The highest BCUT2D eigenvalue weighted by Gasteiger charge is 2.28. The minimum absolute atomic E-state index is 0.156. The molecule has 0 bridgehead atoms. The molecule has 0 saturated carbocycles. The van der Waals surface area contributed by atoms with E-state index in [2.05, 4.69) is 15.6 Å². The van der Waals surface area contributed by atoms with Crippen LogP contribution in [0.15, 0.2) is 41.4 Å². The summed E-state index contributed by atoms with van der Waals surface area (Å²) < 4.78 is 19.2. The van der Waals surface area contributed by atoms with Gasteiger partial charge in [-0.2, -0.15) is 0 Å². The second-order valence-corrected chi connectivity index (χ2v) is 6.34. The van der Waals surface area contributed by atoms with Crippen molar-refractivity contribution < 1.29 is 18.7 Å². The Hall–Kier alpha value is -3.42. The third-order valence-corrected chi connectivity index (χ3v) is 4.52. The van der Waals surface area contributed by atoms with Gasteiger partial charge >= 0.3 is 0 Å². The van der Waals surface area contributed by atoms with Crippen molar-refractivity contribution in [1.29, 1.82) is 0 Å². The smallest absolute Gasteiger partial charge is 0.247 e. The first-order valence-electron chi connectivity index (χ1n) is 8.74. The van der Waals surface area contributed by atoms with E-state index in [1.807, 2.05) is 0 Å². The minimum Gasteiger partial charge on any atom is -0.494 e. The number of aliphatic imine (C=N–C) groups is 1. The van der Waals surface area contributed by atoms with Crippen molar-refractivity contribution in [3.63, 3.8) is 0 Å². The molecule has 1 atom stereocenters. The normalized spacial score (nSPS) is 16.6. The van der Waals surface area contributed by atoms with Crippen LogP contribution in [0.2, 0.25) is 0 Å². The topological polar surface area (TPSA) is 106 Å². The molecule has 28 heavy (non-hydrogen) atoms. The zero-order chi connectivity index (χ0) is 20.3. The van der Waals surface area contributed by atoms with E-state index >= 15 is 0 Å². The monoisotopic (exact) mass is 384 g/mol. The van der Waals surface area contributed by atoms with E-state index in [4.69, 9.17) is 10.5 Å². The van der Waals surface area contributed by atoms with E-state index in [1.165, 1.54) is 19.2 Å².